The van der Waals surface area contributed by atoms with Gasteiger partial charge in [-0.15, -0.1) is 0 Å². The van der Waals surface area contributed by atoms with Gasteiger partial charge in [-0.1, -0.05) is 13.3 Å². The van der Waals surface area contributed by atoms with E-state index in [2.05, 4.69) is 12.2 Å². The van der Waals surface area contributed by atoms with Crippen molar-refractivity contribution in [3.8, 4) is 0 Å². The Kier molecular flexibility index (Phi) is 5.82. The van der Waals surface area contributed by atoms with E-state index in [4.69, 9.17) is 5.11 Å². The number of carbonyl (C=O) groups excluding carboxylic acids is 1. The van der Waals surface area contributed by atoms with Gasteiger partial charge in [-0.2, -0.15) is 11.8 Å². The average molecular weight is 259 g/mol. The highest BCUT2D eigenvalue weighted by Crippen LogP contribution is 2.31. The lowest BCUT2D eigenvalue weighted by molar-refractivity contribution is -0.142. The highest BCUT2D eigenvalue weighted by Gasteiger charge is 2.31. The number of carbonyl (C=O) groups is 2. The molecule has 0 saturated heterocycles. The third kappa shape index (κ3) is 4.22. The minimum Gasteiger partial charge on any atom is -0.480 e. The summed E-state index contributed by atoms with van der Waals surface area (Å²) in [6.07, 6.45) is 5.45. The molecule has 0 radical (unpaired) electrons. The molecule has 3 atom stereocenters. The first-order valence-electron chi connectivity index (χ1n) is 6.08. The first kappa shape index (κ1) is 14.4. The van der Waals surface area contributed by atoms with Crippen molar-refractivity contribution >= 4 is 23.6 Å². The third-order valence-electron chi connectivity index (χ3n) is 3.42. The molecule has 3 unspecified atom stereocenters. The molecule has 0 aromatic carbocycles. The SMILES string of the molecule is CSCCC(NC(=O)C1CCCC1C)C(=O)O. The van der Waals surface area contributed by atoms with Crippen molar-refractivity contribution in [2.45, 2.75) is 38.6 Å². The molecule has 1 aliphatic carbocycles. The van der Waals surface area contributed by atoms with Gasteiger partial charge < -0.3 is 10.4 Å². The Bertz CT molecular complexity index is 283. The van der Waals surface area contributed by atoms with Gasteiger partial charge in [0.1, 0.15) is 6.04 Å². The number of thioether (sulfide) groups is 1. The van der Waals surface area contributed by atoms with Crippen LogP contribution in [0.5, 0.6) is 0 Å². The zero-order chi connectivity index (χ0) is 12.8. The molecular formula is C12H21NO3S. The topological polar surface area (TPSA) is 66.4 Å². The lowest BCUT2D eigenvalue weighted by Crippen LogP contribution is -2.44. The van der Waals surface area contributed by atoms with Crippen LogP contribution in [0.25, 0.3) is 0 Å². The van der Waals surface area contributed by atoms with E-state index in [1.807, 2.05) is 6.26 Å². The first-order chi connectivity index (χ1) is 8.06. The predicted octanol–water partition coefficient (Wildman–Crippen LogP) is 1.75. The predicted molar refractivity (Wildman–Crippen MR) is 69.1 cm³/mol. The van der Waals surface area contributed by atoms with Gasteiger partial charge in [0.15, 0.2) is 0 Å². The second kappa shape index (κ2) is 6.89. The molecule has 5 heteroatoms. The molecule has 17 heavy (non-hydrogen) atoms. The van der Waals surface area contributed by atoms with Gasteiger partial charge in [0.2, 0.25) is 5.91 Å². The molecule has 0 aromatic rings. The van der Waals surface area contributed by atoms with Crippen molar-refractivity contribution in [3.63, 3.8) is 0 Å². The zero-order valence-corrected chi connectivity index (χ0v) is 11.3. The summed E-state index contributed by atoms with van der Waals surface area (Å²) in [7, 11) is 0. The number of rotatable bonds is 6. The van der Waals surface area contributed by atoms with Gasteiger partial charge in [0.05, 0.1) is 0 Å². The summed E-state index contributed by atoms with van der Waals surface area (Å²) in [6, 6.07) is -0.734. The lowest BCUT2D eigenvalue weighted by Gasteiger charge is -2.19. The summed E-state index contributed by atoms with van der Waals surface area (Å²) in [4.78, 5) is 23.0. The number of hydrogen-bond acceptors (Lipinski definition) is 3. The molecule has 0 aromatic heterocycles. The van der Waals surface area contributed by atoms with E-state index < -0.39 is 12.0 Å². The van der Waals surface area contributed by atoms with Crippen molar-refractivity contribution in [1.29, 1.82) is 0 Å². The minimum atomic E-state index is -0.932. The van der Waals surface area contributed by atoms with E-state index in [1.54, 1.807) is 11.8 Å². The monoisotopic (exact) mass is 259 g/mol. The molecule has 4 nitrogen and oxygen atoms in total. The highest BCUT2D eigenvalue weighted by atomic mass is 32.2. The summed E-state index contributed by atoms with van der Waals surface area (Å²) >= 11 is 1.59. The van der Waals surface area contributed by atoms with E-state index >= 15 is 0 Å². The van der Waals surface area contributed by atoms with E-state index in [9.17, 15) is 9.59 Å². The van der Waals surface area contributed by atoms with Crippen LogP contribution in [0.4, 0.5) is 0 Å². The number of nitrogens with one attached hydrogen (secondary N) is 1. The Morgan fingerprint density at radius 1 is 1.47 bits per heavy atom. The Labute approximate surface area is 107 Å². The molecular weight excluding hydrogens is 238 g/mol. The quantitative estimate of drug-likeness (QED) is 0.762. The average Bonchev–Trinajstić information content (AvgIpc) is 2.70. The maximum Gasteiger partial charge on any atom is 0.326 e. The van der Waals surface area contributed by atoms with E-state index in [-0.39, 0.29) is 11.8 Å². The summed E-state index contributed by atoms with van der Waals surface area (Å²) < 4.78 is 0. The zero-order valence-electron chi connectivity index (χ0n) is 10.4. The Hall–Kier alpha value is -0.710. The van der Waals surface area contributed by atoms with Crippen LogP contribution in [0.15, 0.2) is 0 Å². The summed E-state index contributed by atoms with van der Waals surface area (Å²) in [5.41, 5.74) is 0. The number of carboxylic acids is 1. The highest BCUT2D eigenvalue weighted by molar-refractivity contribution is 7.98. The largest absolute Gasteiger partial charge is 0.480 e. The maximum absolute atomic E-state index is 12.0. The molecule has 0 spiro atoms. The van der Waals surface area contributed by atoms with E-state index in [0.717, 1.165) is 25.0 Å². The van der Waals surface area contributed by atoms with Crippen LogP contribution in [-0.2, 0) is 9.59 Å². The maximum atomic E-state index is 12.0. The van der Waals surface area contributed by atoms with Crippen LogP contribution in [0, 0.1) is 11.8 Å². The number of aliphatic carboxylic acids is 1. The van der Waals surface area contributed by atoms with Gasteiger partial charge in [0, 0.05) is 5.92 Å². The smallest absolute Gasteiger partial charge is 0.326 e. The Morgan fingerprint density at radius 3 is 2.65 bits per heavy atom. The van der Waals surface area contributed by atoms with Crippen molar-refractivity contribution in [2.24, 2.45) is 11.8 Å². The fraction of sp³-hybridized carbons (Fsp3) is 0.833. The molecule has 1 fully saturated rings. The van der Waals surface area contributed by atoms with E-state index in [1.165, 1.54) is 0 Å². The molecule has 0 heterocycles. The molecule has 0 aliphatic heterocycles. The molecule has 1 aliphatic rings. The molecule has 1 saturated carbocycles. The van der Waals surface area contributed by atoms with Gasteiger partial charge in [-0.25, -0.2) is 4.79 Å². The van der Waals surface area contributed by atoms with Crippen LogP contribution in [0.3, 0.4) is 0 Å². The number of amides is 1. The molecule has 2 N–H and O–H groups in total. The second-order valence-electron chi connectivity index (χ2n) is 4.70. The van der Waals surface area contributed by atoms with Crippen LogP contribution in [0.1, 0.15) is 32.6 Å². The minimum absolute atomic E-state index is 0.00568. The van der Waals surface area contributed by atoms with Gasteiger partial charge in [0.25, 0.3) is 0 Å². The lowest BCUT2D eigenvalue weighted by atomic mass is 9.97. The van der Waals surface area contributed by atoms with Gasteiger partial charge in [-0.3, -0.25) is 4.79 Å². The van der Waals surface area contributed by atoms with Gasteiger partial charge in [-0.05, 0) is 37.2 Å². The van der Waals surface area contributed by atoms with Crippen molar-refractivity contribution < 1.29 is 14.7 Å². The fourth-order valence-electron chi connectivity index (χ4n) is 2.31. The number of carboxylic acid groups (broad SMARTS) is 1. The number of hydrogen-bond donors (Lipinski definition) is 2. The van der Waals surface area contributed by atoms with Crippen molar-refractivity contribution in [2.75, 3.05) is 12.0 Å². The summed E-state index contributed by atoms with van der Waals surface area (Å²) in [5, 5.41) is 11.7. The van der Waals surface area contributed by atoms with Crippen LogP contribution in [-0.4, -0.2) is 35.0 Å². The summed E-state index contributed by atoms with van der Waals surface area (Å²) in [6.45, 7) is 2.06. The molecule has 1 amide bonds. The molecule has 0 bridgehead atoms. The Morgan fingerprint density at radius 2 is 2.18 bits per heavy atom. The fourth-order valence-corrected chi connectivity index (χ4v) is 2.78. The van der Waals surface area contributed by atoms with Crippen LogP contribution < -0.4 is 5.32 Å². The van der Waals surface area contributed by atoms with Crippen molar-refractivity contribution in [1.82, 2.24) is 5.32 Å². The van der Waals surface area contributed by atoms with Gasteiger partial charge >= 0.3 is 5.97 Å². The Balaban J connectivity index is 2.48. The van der Waals surface area contributed by atoms with Crippen LogP contribution >= 0.6 is 11.8 Å². The normalized spacial score (nSPS) is 25.5. The molecule has 1 rings (SSSR count). The first-order valence-corrected chi connectivity index (χ1v) is 7.47. The van der Waals surface area contributed by atoms with E-state index in [0.29, 0.717) is 12.3 Å². The standard InChI is InChI=1S/C12H21NO3S/c1-8-4-3-5-9(8)11(14)13-10(12(15)16)6-7-17-2/h8-10H,3-7H2,1-2H3,(H,13,14)(H,15,16). The second-order valence-corrected chi connectivity index (χ2v) is 5.68. The third-order valence-corrected chi connectivity index (χ3v) is 4.07. The van der Waals surface area contributed by atoms with Crippen LogP contribution in [0.2, 0.25) is 0 Å². The van der Waals surface area contributed by atoms with Crippen molar-refractivity contribution in [3.05, 3.63) is 0 Å². The summed E-state index contributed by atoms with van der Waals surface area (Å²) in [5.74, 6) is 0.120. The molecule has 98 valence electrons.